The Balaban J connectivity index is 1.13. The van der Waals surface area contributed by atoms with Crippen LogP contribution in [0.1, 0.15) is 24.5 Å². The van der Waals surface area contributed by atoms with Crippen LogP contribution in [0.4, 0.5) is 4.39 Å². The topological polar surface area (TPSA) is 77.2 Å². The summed E-state index contributed by atoms with van der Waals surface area (Å²) in [6, 6.07) is 10.1. The molecule has 1 aromatic heterocycles. The van der Waals surface area contributed by atoms with E-state index in [2.05, 4.69) is 10.1 Å². The van der Waals surface area contributed by atoms with Gasteiger partial charge in [0.25, 0.3) is 0 Å². The third-order valence-corrected chi connectivity index (χ3v) is 5.87. The van der Waals surface area contributed by atoms with Crippen LogP contribution in [0.5, 0.6) is 17.2 Å². The first-order valence-electron chi connectivity index (χ1n) is 10.6. The lowest BCUT2D eigenvalue weighted by Crippen LogP contribution is -2.40. The second-order valence-electron chi connectivity index (χ2n) is 8.03. The summed E-state index contributed by atoms with van der Waals surface area (Å²) >= 11 is 0. The molecule has 0 bridgehead atoms. The van der Waals surface area contributed by atoms with Crippen molar-refractivity contribution in [3.05, 3.63) is 47.9 Å². The zero-order chi connectivity index (χ0) is 21.2. The minimum atomic E-state index is -0.618. The van der Waals surface area contributed by atoms with Gasteiger partial charge in [0.05, 0.1) is 5.69 Å². The minimum absolute atomic E-state index is 0.180. The molecule has 1 atom stereocenters. The van der Waals surface area contributed by atoms with Crippen LogP contribution in [0, 0.1) is 5.82 Å². The first kappa shape index (κ1) is 20.1. The number of nitrogens with zero attached hydrogens (tertiary/aromatic N) is 2. The highest BCUT2D eigenvalue weighted by Crippen LogP contribution is 2.39. The number of fused-ring (bicyclic) bond motifs is 2. The molecule has 0 saturated carbocycles. The van der Waals surface area contributed by atoms with Crippen molar-refractivity contribution in [2.75, 3.05) is 39.5 Å². The summed E-state index contributed by atoms with van der Waals surface area (Å²) < 4.78 is 35.7. The number of piperidine rings is 1. The molecule has 1 N–H and O–H groups in total. The van der Waals surface area contributed by atoms with E-state index in [1.54, 1.807) is 6.07 Å². The van der Waals surface area contributed by atoms with Gasteiger partial charge in [0.1, 0.15) is 31.7 Å². The molecule has 2 aromatic carbocycles. The van der Waals surface area contributed by atoms with Gasteiger partial charge in [-0.15, -0.1) is 0 Å². The molecule has 8 heteroatoms. The number of aromatic nitrogens is 1. The van der Waals surface area contributed by atoms with Crippen LogP contribution in [0.15, 0.2) is 40.9 Å². The van der Waals surface area contributed by atoms with E-state index < -0.39 is 6.10 Å². The third-order valence-electron chi connectivity index (χ3n) is 5.87. The van der Waals surface area contributed by atoms with Crippen molar-refractivity contribution in [3.63, 3.8) is 0 Å². The molecule has 5 rings (SSSR count). The van der Waals surface area contributed by atoms with Crippen LogP contribution in [-0.4, -0.2) is 60.7 Å². The lowest BCUT2D eigenvalue weighted by molar-refractivity contribution is 0.0569. The number of benzene rings is 2. The van der Waals surface area contributed by atoms with Gasteiger partial charge in [-0.1, -0.05) is 11.2 Å². The van der Waals surface area contributed by atoms with Gasteiger partial charge in [-0.05, 0) is 50.2 Å². The summed E-state index contributed by atoms with van der Waals surface area (Å²) in [5.41, 5.74) is 1.39. The zero-order valence-corrected chi connectivity index (χ0v) is 17.1. The van der Waals surface area contributed by atoms with Gasteiger partial charge in [-0.3, -0.25) is 0 Å². The number of β-amino-alcohol motifs (C(OH)–C–C–N with tert-alkyl or cyclic N) is 1. The van der Waals surface area contributed by atoms with Crippen LogP contribution in [0.2, 0.25) is 0 Å². The van der Waals surface area contributed by atoms with E-state index in [-0.39, 0.29) is 18.3 Å². The van der Waals surface area contributed by atoms with Gasteiger partial charge in [0.2, 0.25) is 5.75 Å². The molecular formula is C23H25FN2O5. The van der Waals surface area contributed by atoms with Gasteiger partial charge in [-0.25, -0.2) is 4.39 Å². The quantitative estimate of drug-likeness (QED) is 0.645. The predicted octanol–water partition coefficient (Wildman–Crippen LogP) is 3.36. The normalized spacial score (nSPS) is 18.3. The molecule has 2 aliphatic heterocycles. The van der Waals surface area contributed by atoms with Gasteiger partial charge < -0.3 is 28.7 Å². The summed E-state index contributed by atoms with van der Waals surface area (Å²) in [6.45, 7) is 3.41. The summed E-state index contributed by atoms with van der Waals surface area (Å²) in [4.78, 5) is 2.23. The number of aliphatic hydroxyl groups excluding tert-OH is 1. The van der Waals surface area contributed by atoms with Crippen LogP contribution < -0.4 is 14.2 Å². The van der Waals surface area contributed by atoms with Crippen molar-refractivity contribution < 1.29 is 28.2 Å². The fourth-order valence-electron chi connectivity index (χ4n) is 4.31. The summed E-state index contributed by atoms with van der Waals surface area (Å²) in [5.74, 6) is 1.80. The Morgan fingerprint density at radius 2 is 2.00 bits per heavy atom. The molecule has 0 amide bonds. The second kappa shape index (κ2) is 8.72. The lowest BCUT2D eigenvalue weighted by atomic mass is 9.91. The maximum Gasteiger partial charge on any atom is 0.203 e. The fraction of sp³-hybridized carbons (Fsp3) is 0.435. The van der Waals surface area contributed by atoms with Gasteiger partial charge in [0, 0.05) is 23.9 Å². The third kappa shape index (κ3) is 4.31. The molecule has 3 aromatic rings. The predicted molar refractivity (Wildman–Crippen MR) is 111 cm³/mol. The number of aliphatic hydroxyl groups is 1. The molecule has 0 aliphatic carbocycles. The molecule has 1 unspecified atom stereocenters. The largest absolute Gasteiger partial charge is 0.487 e. The van der Waals surface area contributed by atoms with Crippen molar-refractivity contribution >= 4 is 11.0 Å². The zero-order valence-electron chi connectivity index (χ0n) is 17.1. The molecule has 31 heavy (non-hydrogen) atoms. The molecule has 7 nitrogen and oxygen atoms in total. The second-order valence-corrected chi connectivity index (χ2v) is 8.03. The van der Waals surface area contributed by atoms with Crippen molar-refractivity contribution in [1.29, 1.82) is 0 Å². The number of ether oxygens (including phenoxy) is 3. The number of likely N-dealkylation sites (tertiary alicyclic amines) is 1. The number of hydrogen-bond acceptors (Lipinski definition) is 7. The summed E-state index contributed by atoms with van der Waals surface area (Å²) in [6.07, 6.45) is 1.20. The highest BCUT2D eigenvalue weighted by Gasteiger charge is 2.26. The highest BCUT2D eigenvalue weighted by molar-refractivity contribution is 5.79. The maximum atomic E-state index is 13.4. The Bertz CT molecular complexity index is 1050. The van der Waals surface area contributed by atoms with E-state index in [0.717, 1.165) is 37.0 Å². The molecule has 1 fully saturated rings. The van der Waals surface area contributed by atoms with E-state index in [4.69, 9.17) is 18.7 Å². The van der Waals surface area contributed by atoms with Crippen molar-refractivity contribution in [1.82, 2.24) is 10.1 Å². The fourth-order valence-corrected chi connectivity index (χ4v) is 4.31. The highest BCUT2D eigenvalue weighted by atomic mass is 19.1. The lowest BCUT2D eigenvalue weighted by Gasteiger charge is -2.32. The molecule has 3 heterocycles. The monoisotopic (exact) mass is 428 g/mol. The van der Waals surface area contributed by atoms with Crippen molar-refractivity contribution in [2.45, 2.75) is 24.9 Å². The molecule has 164 valence electrons. The summed E-state index contributed by atoms with van der Waals surface area (Å²) in [7, 11) is 0. The van der Waals surface area contributed by atoms with Gasteiger partial charge >= 0.3 is 0 Å². The van der Waals surface area contributed by atoms with Crippen LogP contribution in [0.25, 0.3) is 11.0 Å². The Morgan fingerprint density at radius 1 is 1.16 bits per heavy atom. The molecule has 2 aliphatic rings. The van der Waals surface area contributed by atoms with E-state index in [0.29, 0.717) is 42.6 Å². The van der Waals surface area contributed by atoms with E-state index in [1.165, 1.54) is 12.1 Å². The van der Waals surface area contributed by atoms with E-state index >= 15 is 0 Å². The standard InChI is InChI=1S/C23H25FN2O5/c24-16-4-5-18-21(12-16)31-25-22(18)15-6-8-26(9-7-15)13-17(27)14-30-20-3-1-2-19-23(20)29-11-10-28-19/h1-5,12,15,17,27H,6-11,13-14H2. The Morgan fingerprint density at radius 3 is 2.87 bits per heavy atom. The molecular weight excluding hydrogens is 403 g/mol. The maximum absolute atomic E-state index is 13.4. The van der Waals surface area contributed by atoms with Crippen LogP contribution >= 0.6 is 0 Å². The average molecular weight is 428 g/mol. The smallest absolute Gasteiger partial charge is 0.203 e. The summed E-state index contributed by atoms with van der Waals surface area (Å²) in [5, 5.41) is 15.6. The Hall–Kier alpha value is -2.84. The van der Waals surface area contributed by atoms with Gasteiger partial charge in [-0.2, -0.15) is 0 Å². The number of rotatable bonds is 6. The Kier molecular flexibility index (Phi) is 5.65. The first-order chi connectivity index (χ1) is 15.2. The van der Waals surface area contributed by atoms with E-state index in [1.807, 2.05) is 18.2 Å². The molecule has 0 spiro atoms. The van der Waals surface area contributed by atoms with Crippen LogP contribution in [-0.2, 0) is 0 Å². The first-order valence-corrected chi connectivity index (χ1v) is 10.6. The molecule has 1 saturated heterocycles. The number of para-hydroxylation sites is 1. The van der Waals surface area contributed by atoms with Crippen molar-refractivity contribution in [3.8, 4) is 17.2 Å². The number of hydrogen-bond donors (Lipinski definition) is 1. The average Bonchev–Trinajstić information content (AvgIpc) is 3.21. The minimum Gasteiger partial charge on any atom is -0.487 e. The molecule has 0 radical (unpaired) electrons. The van der Waals surface area contributed by atoms with Gasteiger partial charge in [0.15, 0.2) is 17.1 Å². The van der Waals surface area contributed by atoms with Crippen LogP contribution in [0.3, 0.4) is 0 Å². The van der Waals surface area contributed by atoms with Crippen molar-refractivity contribution in [2.24, 2.45) is 0 Å². The number of halogens is 1. The van der Waals surface area contributed by atoms with E-state index in [9.17, 15) is 9.50 Å². The Labute approximate surface area is 179 Å². The SMILES string of the molecule is OC(COc1cccc2c1OCCO2)CN1CCC(c2noc3cc(F)ccc23)CC1.